The topological polar surface area (TPSA) is 52.6 Å². The van der Waals surface area contributed by atoms with E-state index in [1.165, 1.54) is 0 Å². The number of fused-ring (bicyclic) bond motifs is 2. The fourth-order valence-electron chi connectivity index (χ4n) is 4.44. The van der Waals surface area contributed by atoms with Crippen molar-refractivity contribution in [3.8, 4) is 11.5 Å². The first kappa shape index (κ1) is 23.3. The average molecular weight is 475 g/mol. The SMILES string of the molecule is CC(C)(C)c1cccc2c(OC(=O)c3ccccc3)c3ccccc3c(OC(=O)c3ccccc3)c12. The van der Waals surface area contributed by atoms with Crippen molar-refractivity contribution >= 4 is 33.5 Å². The van der Waals surface area contributed by atoms with E-state index in [4.69, 9.17) is 9.47 Å². The van der Waals surface area contributed by atoms with Gasteiger partial charge in [0.2, 0.25) is 0 Å². The standard InChI is InChI=1S/C32H26O4/c1-32(2,3)26-20-12-19-25-27(26)29(36-31(34)22-15-8-5-9-16-22)24-18-11-10-17-23(24)28(25)35-30(33)21-13-6-4-7-14-21/h4-20H,1-3H3. The van der Waals surface area contributed by atoms with Gasteiger partial charge >= 0.3 is 11.9 Å². The summed E-state index contributed by atoms with van der Waals surface area (Å²) in [5, 5.41) is 2.85. The summed E-state index contributed by atoms with van der Waals surface area (Å²) in [6.45, 7) is 6.32. The van der Waals surface area contributed by atoms with Gasteiger partial charge in [0, 0.05) is 21.5 Å². The number of hydrogen-bond acceptors (Lipinski definition) is 4. The van der Waals surface area contributed by atoms with Crippen LogP contribution in [0.25, 0.3) is 21.5 Å². The maximum absolute atomic E-state index is 13.2. The monoisotopic (exact) mass is 474 g/mol. The van der Waals surface area contributed by atoms with Crippen LogP contribution in [0.3, 0.4) is 0 Å². The van der Waals surface area contributed by atoms with E-state index in [0.29, 0.717) is 38.8 Å². The van der Waals surface area contributed by atoms with E-state index in [0.717, 1.165) is 10.9 Å². The van der Waals surface area contributed by atoms with Crippen LogP contribution in [-0.2, 0) is 5.41 Å². The van der Waals surface area contributed by atoms with E-state index in [-0.39, 0.29) is 5.41 Å². The van der Waals surface area contributed by atoms with E-state index in [9.17, 15) is 9.59 Å². The molecule has 0 amide bonds. The van der Waals surface area contributed by atoms with Gasteiger partial charge in [-0.3, -0.25) is 0 Å². The number of rotatable bonds is 4. The van der Waals surface area contributed by atoms with Crippen molar-refractivity contribution in [2.24, 2.45) is 0 Å². The Balaban J connectivity index is 1.79. The molecule has 0 spiro atoms. The molecule has 4 nitrogen and oxygen atoms in total. The summed E-state index contributed by atoms with van der Waals surface area (Å²) in [5.74, 6) is 0.0107. The molecule has 4 heteroatoms. The Kier molecular flexibility index (Phi) is 6.03. The highest BCUT2D eigenvalue weighted by atomic mass is 16.5. The zero-order chi connectivity index (χ0) is 25.3. The Hall–Kier alpha value is -4.44. The zero-order valence-electron chi connectivity index (χ0n) is 20.4. The molecule has 0 atom stereocenters. The maximum Gasteiger partial charge on any atom is 0.343 e. The van der Waals surface area contributed by atoms with Crippen molar-refractivity contribution in [2.45, 2.75) is 26.2 Å². The Morgan fingerprint density at radius 2 is 0.972 bits per heavy atom. The van der Waals surface area contributed by atoms with Crippen LogP contribution in [0, 0.1) is 0 Å². The van der Waals surface area contributed by atoms with Crippen molar-refractivity contribution in [3.05, 3.63) is 120 Å². The molecule has 0 unspecified atom stereocenters. The molecule has 0 bridgehead atoms. The zero-order valence-corrected chi connectivity index (χ0v) is 20.4. The fourth-order valence-corrected chi connectivity index (χ4v) is 4.44. The summed E-state index contributed by atoms with van der Waals surface area (Å²) < 4.78 is 12.2. The van der Waals surface area contributed by atoms with Crippen LogP contribution in [-0.4, -0.2) is 11.9 Å². The molecule has 0 saturated heterocycles. The number of benzene rings is 5. The number of carbonyl (C=O) groups excluding carboxylic acids is 2. The molecule has 0 aliphatic heterocycles. The third kappa shape index (κ3) is 4.34. The Bertz CT molecular complexity index is 1580. The van der Waals surface area contributed by atoms with Crippen LogP contribution in [0.15, 0.2) is 103 Å². The molecular formula is C32H26O4. The van der Waals surface area contributed by atoms with Gasteiger partial charge in [0.15, 0.2) is 0 Å². The van der Waals surface area contributed by atoms with Crippen LogP contribution in [0.2, 0.25) is 0 Å². The lowest BCUT2D eigenvalue weighted by molar-refractivity contribution is 0.0726. The summed E-state index contributed by atoms with van der Waals surface area (Å²) in [6.07, 6.45) is 0. The van der Waals surface area contributed by atoms with E-state index < -0.39 is 11.9 Å². The van der Waals surface area contributed by atoms with Gasteiger partial charge in [-0.1, -0.05) is 99.6 Å². The Morgan fingerprint density at radius 3 is 1.50 bits per heavy atom. The van der Waals surface area contributed by atoms with Gasteiger partial charge in [0.25, 0.3) is 0 Å². The van der Waals surface area contributed by atoms with Crippen molar-refractivity contribution in [3.63, 3.8) is 0 Å². The highest BCUT2D eigenvalue weighted by Crippen LogP contribution is 2.47. The molecule has 0 aliphatic rings. The van der Waals surface area contributed by atoms with Crippen molar-refractivity contribution in [1.29, 1.82) is 0 Å². The molecule has 0 saturated carbocycles. The highest BCUT2D eigenvalue weighted by molar-refractivity contribution is 6.15. The van der Waals surface area contributed by atoms with Gasteiger partial charge in [-0.05, 0) is 35.2 Å². The van der Waals surface area contributed by atoms with E-state index in [1.807, 2.05) is 54.6 Å². The first-order valence-corrected chi connectivity index (χ1v) is 11.9. The quantitative estimate of drug-likeness (QED) is 0.152. The van der Waals surface area contributed by atoms with Gasteiger partial charge in [0.1, 0.15) is 11.5 Å². The summed E-state index contributed by atoms with van der Waals surface area (Å²) in [6, 6.07) is 31.3. The third-order valence-electron chi connectivity index (χ3n) is 6.17. The lowest BCUT2D eigenvalue weighted by atomic mass is 9.82. The highest BCUT2D eigenvalue weighted by Gasteiger charge is 2.26. The van der Waals surface area contributed by atoms with Gasteiger partial charge in [-0.2, -0.15) is 0 Å². The predicted octanol–water partition coefficient (Wildman–Crippen LogP) is 7.73. The summed E-state index contributed by atoms with van der Waals surface area (Å²) in [5.41, 5.74) is 1.64. The van der Waals surface area contributed by atoms with Gasteiger partial charge in [0.05, 0.1) is 11.1 Å². The molecule has 5 aromatic carbocycles. The van der Waals surface area contributed by atoms with Gasteiger partial charge in [-0.25, -0.2) is 9.59 Å². The maximum atomic E-state index is 13.2. The largest absolute Gasteiger partial charge is 0.422 e. The first-order chi connectivity index (χ1) is 17.3. The normalized spacial score (nSPS) is 11.4. The molecule has 178 valence electrons. The van der Waals surface area contributed by atoms with Crippen molar-refractivity contribution < 1.29 is 19.1 Å². The summed E-state index contributed by atoms with van der Waals surface area (Å²) in [7, 11) is 0. The lowest BCUT2D eigenvalue weighted by Crippen LogP contribution is -2.15. The number of hydrogen-bond donors (Lipinski definition) is 0. The minimum absolute atomic E-state index is 0.267. The van der Waals surface area contributed by atoms with Crippen LogP contribution >= 0.6 is 0 Å². The molecular weight excluding hydrogens is 448 g/mol. The number of carbonyl (C=O) groups is 2. The van der Waals surface area contributed by atoms with Crippen molar-refractivity contribution in [2.75, 3.05) is 0 Å². The molecule has 36 heavy (non-hydrogen) atoms. The minimum Gasteiger partial charge on any atom is -0.422 e. The lowest BCUT2D eigenvalue weighted by Gasteiger charge is -2.25. The number of esters is 2. The Morgan fingerprint density at radius 1 is 0.528 bits per heavy atom. The summed E-state index contributed by atoms with van der Waals surface area (Å²) >= 11 is 0. The fraction of sp³-hybridized carbons (Fsp3) is 0.125. The average Bonchev–Trinajstić information content (AvgIpc) is 2.90. The molecule has 0 heterocycles. The number of ether oxygens (including phenoxy) is 2. The second-order valence-corrected chi connectivity index (χ2v) is 9.69. The molecule has 0 aliphatic carbocycles. The summed E-state index contributed by atoms with van der Waals surface area (Å²) in [4.78, 5) is 26.3. The van der Waals surface area contributed by atoms with Crippen LogP contribution in [0.5, 0.6) is 11.5 Å². The molecule has 0 fully saturated rings. The smallest absolute Gasteiger partial charge is 0.343 e. The predicted molar refractivity (Wildman–Crippen MR) is 143 cm³/mol. The van der Waals surface area contributed by atoms with Crippen LogP contribution < -0.4 is 9.47 Å². The second kappa shape index (κ2) is 9.31. The van der Waals surface area contributed by atoms with E-state index >= 15 is 0 Å². The third-order valence-corrected chi connectivity index (χ3v) is 6.17. The molecule has 0 N–H and O–H groups in total. The van der Waals surface area contributed by atoms with Gasteiger partial charge in [-0.15, -0.1) is 0 Å². The van der Waals surface area contributed by atoms with E-state index in [1.54, 1.807) is 48.5 Å². The first-order valence-electron chi connectivity index (χ1n) is 11.9. The Labute approximate surface area is 210 Å². The molecule has 5 rings (SSSR count). The minimum atomic E-state index is -0.447. The van der Waals surface area contributed by atoms with Crippen LogP contribution in [0.1, 0.15) is 47.1 Å². The second-order valence-electron chi connectivity index (χ2n) is 9.69. The molecule has 0 aromatic heterocycles. The molecule has 0 radical (unpaired) electrons. The van der Waals surface area contributed by atoms with Crippen LogP contribution in [0.4, 0.5) is 0 Å². The molecule has 5 aromatic rings. The van der Waals surface area contributed by atoms with Crippen molar-refractivity contribution in [1.82, 2.24) is 0 Å². The van der Waals surface area contributed by atoms with Gasteiger partial charge < -0.3 is 9.47 Å². The van der Waals surface area contributed by atoms with E-state index in [2.05, 4.69) is 20.8 Å².